The monoisotopic (exact) mass is 1110 g/mol. The molecule has 0 bridgehead atoms. The molecule has 6 aromatic carbocycles. The summed E-state index contributed by atoms with van der Waals surface area (Å²) in [5.41, 5.74) is 3.91. The van der Waals surface area contributed by atoms with Crippen LogP contribution in [0.2, 0.25) is 0 Å². The number of phenols is 1. The normalized spacial score (nSPS) is 16.6. The number of rotatable bonds is 8. The minimum Gasteiger partial charge on any atom is -0.507 e. The van der Waals surface area contributed by atoms with E-state index in [0.29, 0.717) is 44.8 Å². The van der Waals surface area contributed by atoms with Gasteiger partial charge in [0.25, 0.3) is 0 Å². The Hall–Kier alpha value is -5.57. The molecule has 0 saturated heterocycles. The summed E-state index contributed by atoms with van der Waals surface area (Å²) >= 11 is 0. The van der Waals surface area contributed by atoms with E-state index in [9.17, 15) is 5.11 Å². The summed E-state index contributed by atoms with van der Waals surface area (Å²) in [7, 11) is 0. The maximum Gasteiger partial charge on any atom is 0.148 e. The number of phenolic OH excluding ortho intramolecular Hbond substituents is 1. The van der Waals surface area contributed by atoms with Crippen LogP contribution in [-0.4, -0.2) is 19.6 Å². The fourth-order valence-electron chi connectivity index (χ4n) is 8.71. The second kappa shape index (κ2) is 19.0. The van der Waals surface area contributed by atoms with E-state index in [1.807, 2.05) is 111 Å². The minimum absolute atomic E-state index is 0. The van der Waals surface area contributed by atoms with Gasteiger partial charge in [-0.3, -0.25) is 9.55 Å². The molecule has 0 aliphatic rings. The van der Waals surface area contributed by atoms with E-state index in [-0.39, 0.29) is 43.4 Å². The number of imidazole rings is 1. The number of nitrogens with zero attached hydrogens (tertiary/aromatic N) is 3. The van der Waals surface area contributed by atoms with Crippen LogP contribution in [0.4, 0.5) is 0 Å². The van der Waals surface area contributed by atoms with Gasteiger partial charge in [-0.1, -0.05) is 200 Å². The van der Waals surface area contributed by atoms with Gasteiger partial charge in [-0.05, 0) is 108 Å². The average Bonchev–Trinajstić information content (AvgIpc) is 0.945. The molecule has 0 spiro atoms. The fraction of sp³-hybridized carbons (Fsp3) is 0.344. The summed E-state index contributed by atoms with van der Waals surface area (Å²) in [6, 6.07) is 30.3. The molecule has 0 fully saturated rings. The number of aromatic hydroxyl groups is 1. The Morgan fingerprint density at radius 1 is 0.609 bits per heavy atom. The standard InChI is InChI=1S/C64H72N3O.Pt/c1-39(2)50-19-17-20-51(40(3)4)57(50)42-25-29-49(30-26-42)67-56-22-18-21-52(58(56)66-60(67)53-37-48(63(11,12)13)38-54(59(53)68)64(14,15)16)44-33-45(35-47(34-44)62(8,9)10)55-36-43(31-32-65-55)41-23-27-46(28-24-41)61(5,6)7;/h17-32,34-40,68H,1-16H3;/q-1;/i5D3,6D3,7D3,23D,24D,27D,28D,39D,40D;. The van der Waals surface area contributed by atoms with Crippen LogP contribution in [0.5, 0.6) is 5.75 Å². The van der Waals surface area contributed by atoms with Crippen LogP contribution in [0.3, 0.4) is 0 Å². The van der Waals surface area contributed by atoms with Crippen LogP contribution < -0.4 is 0 Å². The van der Waals surface area contributed by atoms with E-state index < -0.39 is 78.3 Å². The molecular formula is C64H72N3OPt-. The predicted molar refractivity (Wildman–Crippen MR) is 290 cm³/mol. The summed E-state index contributed by atoms with van der Waals surface area (Å²) in [5, 5.41) is 12.5. The largest absolute Gasteiger partial charge is 0.507 e. The van der Waals surface area contributed by atoms with Crippen LogP contribution in [0, 0.1) is 6.07 Å². The van der Waals surface area contributed by atoms with Crippen molar-refractivity contribution in [2.45, 2.75) is 144 Å². The second-order valence-electron chi connectivity index (χ2n) is 21.5. The zero-order valence-corrected chi connectivity index (χ0v) is 44.2. The van der Waals surface area contributed by atoms with Gasteiger partial charge >= 0.3 is 0 Å². The van der Waals surface area contributed by atoms with Crippen molar-refractivity contribution in [2.24, 2.45) is 0 Å². The minimum atomic E-state index is -3.82. The van der Waals surface area contributed by atoms with Crippen LogP contribution in [0.25, 0.3) is 72.7 Å². The van der Waals surface area contributed by atoms with Gasteiger partial charge in [0.2, 0.25) is 0 Å². The first kappa shape index (κ1) is 34.7. The van der Waals surface area contributed by atoms with Gasteiger partial charge < -0.3 is 5.11 Å². The molecule has 2 aromatic heterocycles. The molecule has 0 aliphatic heterocycles. The topological polar surface area (TPSA) is 50.9 Å². The van der Waals surface area contributed by atoms with Gasteiger partial charge in [0.1, 0.15) is 11.6 Å². The van der Waals surface area contributed by atoms with Crippen molar-refractivity contribution in [1.29, 1.82) is 0 Å². The van der Waals surface area contributed by atoms with Gasteiger partial charge in [0, 0.05) is 59.3 Å². The van der Waals surface area contributed by atoms with E-state index in [0.717, 1.165) is 44.6 Å². The quantitative estimate of drug-likeness (QED) is 0.154. The maximum atomic E-state index is 12.5. The Bertz CT molecular complexity index is 3740. The van der Waals surface area contributed by atoms with E-state index in [1.165, 1.54) is 18.3 Å². The third-order valence-electron chi connectivity index (χ3n) is 12.6. The van der Waals surface area contributed by atoms with Crippen molar-refractivity contribution >= 4 is 11.0 Å². The number of para-hydroxylation sites is 1. The number of pyridine rings is 1. The number of benzene rings is 6. The zero-order valence-electron chi connectivity index (χ0n) is 56.9. The molecule has 360 valence electrons. The molecule has 0 amide bonds. The third kappa shape index (κ3) is 10.3. The molecule has 8 aromatic rings. The van der Waals surface area contributed by atoms with Crippen molar-refractivity contribution in [1.82, 2.24) is 14.5 Å². The van der Waals surface area contributed by atoms with Gasteiger partial charge in [0.15, 0.2) is 0 Å². The molecule has 8 rings (SSSR count). The van der Waals surface area contributed by atoms with Crippen molar-refractivity contribution in [3.05, 3.63) is 167 Å². The maximum absolute atomic E-state index is 12.5. The van der Waals surface area contributed by atoms with Crippen molar-refractivity contribution in [2.75, 3.05) is 0 Å². The second-order valence-corrected chi connectivity index (χ2v) is 21.5. The molecule has 0 radical (unpaired) electrons. The average molecular weight is 1110 g/mol. The van der Waals surface area contributed by atoms with Crippen LogP contribution in [-0.2, 0) is 42.7 Å². The fourth-order valence-corrected chi connectivity index (χ4v) is 8.71. The first-order chi connectivity index (χ1) is 37.8. The number of hydrogen-bond donors (Lipinski definition) is 1. The first-order valence-electron chi connectivity index (χ1n) is 30.6. The molecule has 2 heterocycles. The Labute approximate surface area is 449 Å². The van der Waals surface area contributed by atoms with E-state index >= 15 is 0 Å². The van der Waals surface area contributed by atoms with Gasteiger partial charge in [-0.25, -0.2) is 4.98 Å². The number of fused-ring (bicyclic) bond motifs is 1. The van der Waals surface area contributed by atoms with Gasteiger partial charge in [0.05, 0.1) is 22.1 Å². The molecule has 0 atom stereocenters. The smallest absolute Gasteiger partial charge is 0.148 e. The molecule has 0 aliphatic carbocycles. The first-order valence-corrected chi connectivity index (χ1v) is 23.1. The van der Waals surface area contributed by atoms with Gasteiger partial charge in [-0.15, -0.1) is 29.3 Å². The summed E-state index contributed by atoms with van der Waals surface area (Å²) < 4.78 is 131. The Morgan fingerprint density at radius 3 is 1.78 bits per heavy atom. The third-order valence-corrected chi connectivity index (χ3v) is 12.6. The zero-order chi connectivity index (χ0) is 62.1. The Morgan fingerprint density at radius 2 is 1.20 bits per heavy atom. The summed E-state index contributed by atoms with van der Waals surface area (Å²) in [5.74, 6) is -1.40. The molecular weight excluding hydrogens is 1020 g/mol. The SMILES string of the molecule is [2H]c1c([2H])c(C(C([2H])([2H])[2H])(C([2H])([2H])[2H])C([2H])([2H])[2H])c([2H])c([2H])c1-c1ccnc(-c2[c-]c(-c3cccc4c3nc(-c3cc(C(C)(C)C)cc(C(C)(C)C)c3O)n4-c3ccc(-c4c(C([2H])(C)C)cccc4C([2H])(C)C)cc3)cc(C(C)(C)C)c2)c1.[Pt]. The van der Waals surface area contributed by atoms with Crippen LogP contribution in [0.1, 0.15) is 176 Å². The Balaban J connectivity index is 0.0000101. The Kier molecular flexibility index (Phi) is 9.54. The molecule has 0 unspecified atom stereocenters. The summed E-state index contributed by atoms with van der Waals surface area (Å²) in [6.07, 6.45) is 1.41. The van der Waals surface area contributed by atoms with Crippen LogP contribution >= 0.6 is 0 Å². The number of aromatic nitrogens is 3. The molecule has 5 heteroatoms. The van der Waals surface area contributed by atoms with E-state index in [1.54, 1.807) is 0 Å². The predicted octanol–water partition coefficient (Wildman–Crippen LogP) is 17.7. The van der Waals surface area contributed by atoms with E-state index in [4.69, 9.17) is 30.5 Å². The van der Waals surface area contributed by atoms with Crippen molar-refractivity contribution < 1.29 is 46.7 Å². The number of hydrogen-bond acceptors (Lipinski definition) is 3. The van der Waals surface area contributed by atoms with Crippen LogP contribution in [0.15, 0.2) is 127 Å². The van der Waals surface area contributed by atoms with Gasteiger partial charge in [-0.2, -0.15) is 0 Å². The molecule has 1 N–H and O–H groups in total. The summed E-state index contributed by atoms with van der Waals surface area (Å²) in [6.45, 7) is 14.6. The molecule has 69 heavy (non-hydrogen) atoms. The molecule has 4 nitrogen and oxygen atoms in total. The van der Waals surface area contributed by atoms with E-state index in [2.05, 4.69) is 74.4 Å². The van der Waals surface area contributed by atoms with Crippen molar-refractivity contribution in [3.63, 3.8) is 0 Å². The molecule has 0 saturated carbocycles. The summed E-state index contributed by atoms with van der Waals surface area (Å²) in [4.78, 5) is 10.2. The van der Waals surface area contributed by atoms with Crippen molar-refractivity contribution in [3.8, 4) is 67.5 Å².